The summed E-state index contributed by atoms with van der Waals surface area (Å²) < 4.78 is 1.44. The molecule has 5 N–H and O–H groups in total. The highest BCUT2D eigenvalue weighted by Gasteiger charge is 2.26. The van der Waals surface area contributed by atoms with Gasteiger partial charge in [-0.15, -0.1) is 4.40 Å². The highest BCUT2D eigenvalue weighted by atomic mass is 35.5. The number of pyridine rings is 1. The first kappa shape index (κ1) is 40.1. The van der Waals surface area contributed by atoms with Crippen LogP contribution in [0.1, 0.15) is 25.7 Å². The number of aromatic amines is 2. The minimum atomic E-state index is -0.210. The minimum absolute atomic E-state index is 0.000139. The second-order valence-corrected chi connectivity index (χ2v) is 13.7. The third-order valence-corrected chi connectivity index (χ3v) is 9.82. The first-order valence-corrected chi connectivity index (χ1v) is 18.8. The number of nitrogens with zero attached hydrogens (tertiary/aromatic N) is 7. The van der Waals surface area contributed by atoms with E-state index in [9.17, 15) is 19.2 Å². The molecular formula is C41H43ClN11O4+. The van der Waals surface area contributed by atoms with Gasteiger partial charge in [0.2, 0.25) is 17.2 Å². The molecule has 2 fully saturated rings. The summed E-state index contributed by atoms with van der Waals surface area (Å²) in [6.07, 6.45) is 12.5. The largest absolute Gasteiger partial charge is 0.345 e. The zero-order valence-electron chi connectivity index (χ0n) is 31.2. The molecule has 0 bridgehead atoms. The van der Waals surface area contributed by atoms with Crippen molar-refractivity contribution in [1.82, 2.24) is 39.1 Å². The number of anilines is 1. The van der Waals surface area contributed by atoms with E-state index in [2.05, 4.69) is 48.4 Å². The predicted octanol–water partition coefficient (Wildman–Crippen LogP) is 3.92. The topological polar surface area (TPSA) is 199 Å². The molecule has 2 aliphatic heterocycles. The average molecular weight is 789 g/mol. The number of hydrogen-bond donors (Lipinski definition) is 3. The fraction of sp³-hybridized carbons (Fsp3) is 0.244. The van der Waals surface area contributed by atoms with Gasteiger partial charge in [0.05, 0.1) is 18.2 Å². The number of hydrogen-bond acceptors (Lipinski definition) is 10. The average Bonchev–Trinajstić information content (AvgIpc) is 3.24. The Bertz CT molecular complexity index is 2500. The normalized spacial score (nSPS) is 16.4. The molecule has 0 spiro atoms. The summed E-state index contributed by atoms with van der Waals surface area (Å²) in [6.45, 7) is 9.76. The number of rotatable bonds is 6. The number of likely N-dealkylation sites (tertiary alicyclic amines) is 2. The third-order valence-electron chi connectivity index (χ3n) is 9.54. The van der Waals surface area contributed by atoms with Crippen molar-refractivity contribution in [3.8, 4) is 22.3 Å². The molecule has 6 aromatic rings. The van der Waals surface area contributed by atoms with Gasteiger partial charge in [0.25, 0.3) is 0 Å². The van der Waals surface area contributed by atoms with Crippen LogP contribution in [0.3, 0.4) is 0 Å². The molecule has 292 valence electrons. The summed E-state index contributed by atoms with van der Waals surface area (Å²) >= 11 is 5.95. The van der Waals surface area contributed by atoms with Crippen molar-refractivity contribution in [2.75, 3.05) is 31.5 Å². The lowest BCUT2D eigenvalue weighted by Crippen LogP contribution is -2.46. The molecule has 57 heavy (non-hydrogen) atoms. The smallest absolute Gasteiger partial charge is 0.343 e. The van der Waals surface area contributed by atoms with E-state index in [4.69, 9.17) is 17.3 Å². The SMILES string of the molecule is C=CC(=O)N1CCC[C@@H](N)C1.C=CC(=O)N1CCC[C@@H](Nc2[nH+]cnc3ncc(-c4ccccc4)c(=O)n23)C1.O=c1c(-c2ccccc2)c[nH]c2ncnc(Cl)c12. The van der Waals surface area contributed by atoms with Gasteiger partial charge in [-0.25, -0.2) is 15.0 Å². The van der Waals surface area contributed by atoms with Crippen LogP contribution < -0.4 is 27.0 Å². The highest BCUT2D eigenvalue weighted by Crippen LogP contribution is 2.20. The molecule has 2 amide bonds. The summed E-state index contributed by atoms with van der Waals surface area (Å²) in [7, 11) is 0. The molecule has 2 aromatic carbocycles. The maximum Gasteiger partial charge on any atom is 0.343 e. The summed E-state index contributed by atoms with van der Waals surface area (Å²) in [5.74, 6) is 0.722. The van der Waals surface area contributed by atoms with Crippen LogP contribution in [0.5, 0.6) is 0 Å². The number of benzene rings is 2. The molecule has 8 rings (SSSR count). The van der Waals surface area contributed by atoms with Gasteiger partial charge >= 0.3 is 17.3 Å². The molecule has 0 saturated carbocycles. The molecule has 4 aromatic heterocycles. The van der Waals surface area contributed by atoms with E-state index >= 15 is 0 Å². The van der Waals surface area contributed by atoms with E-state index < -0.39 is 0 Å². The Morgan fingerprint density at radius 1 is 0.860 bits per heavy atom. The summed E-state index contributed by atoms with van der Waals surface area (Å²) in [4.78, 5) is 74.3. The second kappa shape index (κ2) is 18.8. The number of carbonyl (C=O) groups excluding carboxylic acids is 2. The van der Waals surface area contributed by atoms with Crippen molar-refractivity contribution in [2.24, 2.45) is 5.73 Å². The maximum atomic E-state index is 13.2. The summed E-state index contributed by atoms with van der Waals surface area (Å²) in [6, 6.07) is 19.0. The Balaban J connectivity index is 0.000000161. The van der Waals surface area contributed by atoms with Gasteiger partial charge in [0.15, 0.2) is 6.33 Å². The summed E-state index contributed by atoms with van der Waals surface area (Å²) in [5.41, 5.74) is 8.44. The molecule has 16 heteroatoms. The first-order chi connectivity index (χ1) is 27.7. The molecular weight excluding hydrogens is 746 g/mol. The van der Waals surface area contributed by atoms with Crippen molar-refractivity contribution in [3.63, 3.8) is 0 Å². The van der Waals surface area contributed by atoms with Crippen molar-refractivity contribution < 1.29 is 14.6 Å². The minimum Gasteiger partial charge on any atom is -0.345 e. The van der Waals surface area contributed by atoms with Gasteiger partial charge in [-0.2, -0.15) is 4.98 Å². The Morgan fingerprint density at radius 3 is 2.14 bits per heavy atom. The molecule has 2 atom stereocenters. The monoisotopic (exact) mass is 788 g/mol. The van der Waals surface area contributed by atoms with Gasteiger partial charge in [-0.05, 0) is 49.0 Å². The zero-order chi connectivity index (χ0) is 40.3. The number of carbonyl (C=O) groups is 2. The summed E-state index contributed by atoms with van der Waals surface area (Å²) in [5, 5.41) is 3.84. The van der Waals surface area contributed by atoms with Crippen molar-refractivity contribution >= 4 is 46.2 Å². The number of fused-ring (bicyclic) bond motifs is 2. The quantitative estimate of drug-likeness (QED) is 0.164. The number of nitrogens with two attached hydrogens (primary N) is 1. The molecule has 0 unspecified atom stereocenters. The van der Waals surface area contributed by atoms with Crippen LogP contribution in [0.15, 0.2) is 121 Å². The van der Waals surface area contributed by atoms with E-state index in [0.717, 1.165) is 43.4 Å². The number of nitrogens with one attached hydrogen (secondary N) is 3. The number of piperidine rings is 2. The lowest BCUT2D eigenvalue weighted by atomic mass is 10.1. The Morgan fingerprint density at radius 2 is 1.49 bits per heavy atom. The molecule has 0 radical (unpaired) electrons. The fourth-order valence-corrected chi connectivity index (χ4v) is 6.90. The number of aromatic nitrogens is 7. The number of H-pyrrole nitrogens is 2. The van der Waals surface area contributed by atoms with Crippen LogP contribution in [0.2, 0.25) is 5.15 Å². The molecule has 0 aliphatic carbocycles. The lowest BCUT2D eigenvalue weighted by Gasteiger charge is -2.31. The molecule has 15 nitrogen and oxygen atoms in total. The van der Waals surface area contributed by atoms with Crippen molar-refractivity contribution in [1.29, 1.82) is 0 Å². The highest BCUT2D eigenvalue weighted by molar-refractivity contribution is 6.33. The van der Waals surface area contributed by atoms with Gasteiger partial charge in [0, 0.05) is 43.6 Å². The second-order valence-electron chi connectivity index (χ2n) is 13.4. The van der Waals surface area contributed by atoms with E-state index in [1.807, 2.05) is 60.7 Å². The van der Waals surface area contributed by atoms with Gasteiger partial charge < -0.3 is 20.5 Å². The zero-order valence-corrected chi connectivity index (χ0v) is 31.9. The van der Waals surface area contributed by atoms with Gasteiger partial charge in [0.1, 0.15) is 22.5 Å². The van der Waals surface area contributed by atoms with Gasteiger partial charge in [-0.3, -0.25) is 24.5 Å². The van der Waals surface area contributed by atoms with E-state index in [1.54, 1.807) is 22.2 Å². The number of halogens is 1. The van der Waals surface area contributed by atoms with E-state index in [0.29, 0.717) is 53.5 Å². The Labute approximate surface area is 333 Å². The van der Waals surface area contributed by atoms with Crippen molar-refractivity contribution in [2.45, 2.75) is 37.8 Å². The van der Waals surface area contributed by atoms with Crippen molar-refractivity contribution in [3.05, 3.63) is 137 Å². The van der Waals surface area contributed by atoms with E-state index in [-0.39, 0.29) is 40.0 Å². The Hall–Kier alpha value is -6.58. The predicted molar refractivity (Wildman–Crippen MR) is 219 cm³/mol. The molecule has 2 aliphatic rings. The lowest BCUT2D eigenvalue weighted by molar-refractivity contribution is -0.371. The number of amides is 2. The maximum absolute atomic E-state index is 13.2. The van der Waals surface area contributed by atoms with Crippen LogP contribution in [0, 0.1) is 0 Å². The van der Waals surface area contributed by atoms with Crippen LogP contribution in [-0.4, -0.2) is 89.2 Å². The molecule has 2 saturated heterocycles. The fourth-order valence-electron chi connectivity index (χ4n) is 6.68. The van der Waals surface area contributed by atoms with E-state index in [1.165, 1.54) is 29.2 Å². The first-order valence-electron chi connectivity index (χ1n) is 18.4. The Kier molecular flexibility index (Phi) is 13.3. The third kappa shape index (κ3) is 9.63. The van der Waals surface area contributed by atoms with Crippen LogP contribution in [0.25, 0.3) is 39.1 Å². The van der Waals surface area contributed by atoms with Gasteiger partial charge in [-0.1, -0.05) is 90.4 Å². The standard InChI is InChI=1S/C20H20N6O2.C13H8ClN3O.C8H14N2O/c1-2-17(27)25-10-6-9-15(12-25)24-20-23-13-22-19-21-11-16(18(28)26(19)20)14-7-4-3-5-8-14;14-12-10-11(18)9(8-4-2-1-3-5-8)6-15-13(10)17-7-16-12;1-2-8(11)10-5-3-4-7(9)6-10/h2-5,7-8,11,13,15H,1,6,9-10,12H2,(H,21,22,23,24);1-7H,(H,15,16,17,18);2,7H,1,3-6,9H2/p+1/t15-;;7-/m1.1/s1. The van der Waals surface area contributed by atoms with Crippen LogP contribution >= 0.6 is 11.6 Å². The molecule has 6 heterocycles. The van der Waals surface area contributed by atoms with Crippen LogP contribution in [0.4, 0.5) is 5.95 Å². The van der Waals surface area contributed by atoms with Crippen LogP contribution in [-0.2, 0) is 9.59 Å².